The maximum atomic E-state index is 12.0. The molecule has 0 saturated carbocycles. The average molecular weight is 210 g/mol. The van der Waals surface area contributed by atoms with Gasteiger partial charge in [-0.25, -0.2) is 0 Å². The number of nitrogens with zero attached hydrogens (tertiary/aromatic N) is 2. The maximum Gasteiger partial charge on any atom is 0.209 e. The van der Waals surface area contributed by atoms with Crippen molar-refractivity contribution < 1.29 is 9.53 Å². The number of carbonyl (C=O) groups is 1. The lowest BCUT2D eigenvalue weighted by Gasteiger charge is -2.13. The Labute approximate surface area is 90.2 Å². The van der Waals surface area contributed by atoms with Crippen LogP contribution in [0.4, 0.5) is 0 Å². The van der Waals surface area contributed by atoms with Crippen molar-refractivity contribution in [2.75, 3.05) is 6.61 Å². The van der Waals surface area contributed by atoms with Gasteiger partial charge in [-0.15, -0.1) is 0 Å². The topological polar surface area (TPSA) is 44.1 Å². The summed E-state index contributed by atoms with van der Waals surface area (Å²) in [5.41, 5.74) is 0.637. The summed E-state index contributed by atoms with van der Waals surface area (Å²) in [7, 11) is 0. The fourth-order valence-electron chi connectivity index (χ4n) is 1.54. The molecule has 4 heteroatoms. The summed E-state index contributed by atoms with van der Waals surface area (Å²) < 4.78 is 7.08. The van der Waals surface area contributed by atoms with Crippen molar-refractivity contribution in [3.63, 3.8) is 0 Å². The quantitative estimate of drug-likeness (QED) is 0.673. The number of hydrogen-bond acceptors (Lipinski definition) is 3. The van der Waals surface area contributed by atoms with E-state index in [1.165, 1.54) is 0 Å². The predicted molar refractivity (Wildman–Crippen MR) is 57.9 cm³/mol. The minimum absolute atomic E-state index is 0.0266. The Morgan fingerprint density at radius 1 is 1.53 bits per heavy atom. The van der Waals surface area contributed by atoms with Crippen molar-refractivity contribution in [3.8, 4) is 0 Å². The van der Waals surface area contributed by atoms with Crippen molar-refractivity contribution in [3.05, 3.63) is 18.0 Å². The van der Waals surface area contributed by atoms with Gasteiger partial charge in [-0.05, 0) is 26.3 Å². The van der Waals surface area contributed by atoms with E-state index in [0.29, 0.717) is 25.3 Å². The zero-order valence-electron chi connectivity index (χ0n) is 9.56. The molecule has 0 radical (unpaired) electrons. The normalized spacial score (nSPS) is 12.7. The van der Waals surface area contributed by atoms with E-state index in [9.17, 15) is 4.79 Å². The molecule has 1 unspecified atom stereocenters. The van der Waals surface area contributed by atoms with Gasteiger partial charge in [0.25, 0.3) is 0 Å². The lowest BCUT2D eigenvalue weighted by Crippen LogP contribution is -2.26. The number of aryl methyl sites for hydroxylation is 1. The number of ether oxygens (including phenoxy) is 1. The summed E-state index contributed by atoms with van der Waals surface area (Å²) in [6, 6.07) is 1.74. The first-order chi connectivity index (χ1) is 7.24. The number of carbonyl (C=O) groups excluding carboxylic acids is 1. The number of hydrogen-bond donors (Lipinski definition) is 0. The molecule has 0 saturated heterocycles. The van der Waals surface area contributed by atoms with Gasteiger partial charge in [0.15, 0.2) is 0 Å². The molecule has 1 aromatic heterocycles. The third-order valence-electron chi connectivity index (χ3n) is 2.30. The first-order valence-electron chi connectivity index (χ1n) is 5.42. The summed E-state index contributed by atoms with van der Waals surface area (Å²) in [6.07, 6.45) is 2.01. The van der Waals surface area contributed by atoms with Gasteiger partial charge < -0.3 is 4.74 Å². The summed E-state index contributed by atoms with van der Waals surface area (Å²) >= 11 is 0. The van der Waals surface area contributed by atoms with Gasteiger partial charge >= 0.3 is 0 Å². The molecule has 1 atom stereocenters. The molecule has 1 rings (SSSR count). The van der Waals surface area contributed by atoms with E-state index in [1.807, 2.05) is 20.8 Å². The van der Waals surface area contributed by atoms with E-state index in [0.717, 1.165) is 0 Å². The monoisotopic (exact) mass is 210 g/mol. The molecule has 0 spiro atoms. The van der Waals surface area contributed by atoms with Crippen molar-refractivity contribution in [2.45, 2.75) is 39.8 Å². The van der Waals surface area contributed by atoms with E-state index in [4.69, 9.17) is 4.74 Å². The van der Waals surface area contributed by atoms with Gasteiger partial charge in [0.2, 0.25) is 5.78 Å². The lowest BCUT2D eigenvalue weighted by atomic mass is 10.1. The van der Waals surface area contributed by atoms with Gasteiger partial charge in [0, 0.05) is 19.3 Å². The third-order valence-corrected chi connectivity index (χ3v) is 2.30. The highest BCUT2D eigenvalue weighted by atomic mass is 16.5. The highest BCUT2D eigenvalue weighted by Crippen LogP contribution is 2.09. The Hall–Kier alpha value is -1.16. The molecule has 15 heavy (non-hydrogen) atoms. The van der Waals surface area contributed by atoms with Gasteiger partial charge in [-0.3, -0.25) is 9.48 Å². The molecular weight excluding hydrogens is 192 g/mol. The van der Waals surface area contributed by atoms with Crippen LogP contribution in [0, 0.1) is 0 Å². The van der Waals surface area contributed by atoms with Gasteiger partial charge in [0.1, 0.15) is 11.8 Å². The van der Waals surface area contributed by atoms with E-state index in [-0.39, 0.29) is 11.9 Å². The van der Waals surface area contributed by atoms with Gasteiger partial charge in [-0.2, -0.15) is 5.10 Å². The second-order valence-corrected chi connectivity index (χ2v) is 3.25. The molecule has 0 N–H and O–H groups in total. The highest BCUT2D eigenvalue weighted by molar-refractivity contribution is 5.97. The van der Waals surface area contributed by atoms with Crippen molar-refractivity contribution in [1.29, 1.82) is 0 Å². The van der Waals surface area contributed by atoms with Crippen LogP contribution >= 0.6 is 0 Å². The van der Waals surface area contributed by atoms with Crippen LogP contribution in [-0.2, 0) is 11.3 Å². The molecule has 0 aliphatic carbocycles. The van der Waals surface area contributed by atoms with Crippen LogP contribution in [0.2, 0.25) is 0 Å². The Kier molecular flexibility index (Phi) is 4.49. The summed E-state index contributed by atoms with van der Waals surface area (Å²) in [5.74, 6) is 0.0266. The second-order valence-electron chi connectivity index (χ2n) is 3.25. The Bertz CT molecular complexity index is 320. The van der Waals surface area contributed by atoms with Gasteiger partial charge in [0.05, 0.1) is 0 Å². The van der Waals surface area contributed by atoms with Crippen LogP contribution in [0.15, 0.2) is 12.3 Å². The first-order valence-corrected chi connectivity index (χ1v) is 5.42. The zero-order chi connectivity index (χ0) is 11.3. The molecular formula is C11H18N2O2. The largest absolute Gasteiger partial charge is 0.370 e. The van der Waals surface area contributed by atoms with Crippen LogP contribution in [0.5, 0.6) is 0 Å². The SMILES string of the molecule is CCOC(CC)C(=O)c1ccnn1CC. The summed E-state index contributed by atoms with van der Waals surface area (Å²) in [4.78, 5) is 12.0. The number of aromatic nitrogens is 2. The van der Waals surface area contributed by atoms with E-state index in [2.05, 4.69) is 5.10 Å². The molecule has 0 bridgehead atoms. The van der Waals surface area contributed by atoms with Gasteiger partial charge in [-0.1, -0.05) is 6.92 Å². The number of rotatable bonds is 6. The van der Waals surface area contributed by atoms with E-state index in [1.54, 1.807) is 16.9 Å². The molecule has 4 nitrogen and oxygen atoms in total. The molecule has 0 amide bonds. The maximum absolute atomic E-state index is 12.0. The van der Waals surface area contributed by atoms with Crippen molar-refractivity contribution in [1.82, 2.24) is 9.78 Å². The number of Topliss-reactive ketones (excluding diaryl/α,β-unsaturated/α-hetero) is 1. The molecule has 0 aliphatic heterocycles. The third kappa shape index (κ3) is 2.65. The first kappa shape index (κ1) is 11.9. The fourth-order valence-corrected chi connectivity index (χ4v) is 1.54. The molecule has 84 valence electrons. The van der Waals surface area contributed by atoms with E-state index < -0.39 is 0 Å². The Morgan fingerprint density at radius 2 is 2.27 bits per heavy atom. The van der Waals surface area contributed by atoms with Crippen molar-refractivity contribution >= 4 is 5.78 Å². The van der Waals surface area contributed by atoms with Crippen LogP contribution < -0.4 is 0 Å². The predicted octanol–water partition coefficient (Wildman–Crippen LogP) is 1.90. The lowest BCUT2D eigenvalue weighted by molar-refractivity contribution is 0.0434. The van der Waals surface area contributed by atoms with Crippen LogP contribution in [0.1, 0.15) is 37.7 Å². The number of ketones is 1. The molecule has 0 fully saturated rings. The Morgan fingerprint density at radius 3 is 2.80 bits per heavy atom. The highest BCUT2D eigenvalue weighted by Gasteiger charge is 2.21. The van der Waals surface area contributed by atoms with Crippen LogP contribution in [0.3, 0.4) is 0 Å². The molecule has 1 heterocycles. The second kappa shape index (κ2) is 5.66. The smallest absolute Gasteiger partial charge is 0.209 e. The molecule has 0 aliphatic rings. The summed E-state index contributed by atoms with van der Waals surface area (Å²) in [6.45, 7) is 7.07. The minimum atomic E-state index is -0.336. The minimum Gasteiger partial charge on any atom is -0.370 e. The summed E-state index contributed by atoms with van der Waals surface area (Å²) in [5, 5.41) is 4.07. The van der Waals surface area contributed by atoms with Crippen LogP contribution in [0.25, 0.3) is 0 Å². The van der Waals surface area contributed by atoms with E-state index >= 15 is 0 Å². The fraction of sp³-hybridized carbons (Fsp3) is 0.636. The standard InChI is InChI=1S/C11H18N2O2/c1-4-10(15-6-3)11(14)9-7-8-12-13(9)5-2/h7-8,10H,4-6H2,1-3H3. The molecule has 1 aromatic rings. The van der Waals surface area contributed by atoms with Crippen LogP contribution in [-0.4, -0.2) is 28.3 Å². The zero-order valence-corrected chi connectivity index (χ0v) is 9.56. The average Bonchev–Trinajstić information content (AvgIpc) is 2.72. The van der Waals surface area contributed by atoms with Crippen molar-refractivity contribution in [2.24, 2.45) is 0 Å². The Balaban J connectivity index is 2.82. The molecule has 0 aromatic carbocycles.